The van der Waals surface area contributed by atoms with E-state index in [1.54, 1.807) is 4.90 Å². The zero-order valence-corrected chi connectivity index (χ0v) is 18.7. The molecule has 1 N–H and O–H groups in total. The third-order valence-corrected chi connectivity index (χ3v) is 6.35. The Bertz CT molecular complexity index is 1120. The van der Waals surface area contributed by atoms with Crippen LogP contribution in [0.4, 0.5) is 11.4 Å². The number of nitrogens with zero attached hydrogens (tertiary/aromatic N) is 2. The summed E-state index contributed by atoms with van der Waals surface area (Å²) in [6.45, 7) is 2.50. The second-order valence-electron chi connectivity index (χ2n) is 7.68. The van der Waals surface area contributed by atoms with Crippen LogP contribution in [0.1, 0.15) is 17.5 Å². The topological polar surface area (TPSA) is 61.8 Å². The highest BCUT2D eigenvalue weighted by Crippen LogP contribution is 2.30. The van der Waals surface area contributed by atoms with Crippen LogP contribution in [0.2, 0.25) is 0 Å². The molecule has 1 heterocycles. The SMILES string of the molecule is Cc1cccc(NC(=O)[C@H]2CC(=O)N(CCc3ccccc3)C(=Nc3ccccc3)S2)c1. The number of nitrogens with one attached hydrogen (secondary N) is 1. The number of amidine groups is 1. The normalized spacial score (nSPS) is 17.4. The monoisotopic (exact) mass is 443 g/mol. The van der Waals surface area contributed by atoms with Crippen molar-refractivity contribution in [2.45, 2.75) is 25.0 Å². The summed E-state index contributed by atoms with van der Waals surface area (Å²) in [4.78, 5) is 32.5. The predicted molar refractivity (Wildman–Crippen MR) is 131 cm³/mol. The van der Waals surface area contributed by atoms with Crippen LogP contribution in [0.5, 0.6) is 0 Å². The average Bonchev–Trinajstić information content (AvgIpc) is 2.80. The number of aliphatic imine (C=N–C) groups is 1. The van der Waals surface area contributed by atoms with Crippen LogP contribution in [0.15, 0.2) is 89.9 Å². The van der Waals surface area contributed by atoms with E-state index in [4.69, 9.17) is 4.99 Å². The summed E-state index contributed by atoms with van der Waals surface area (Å²) in [7, 11) is 0. The highest BCUT2D eigenvalue weighted by Gasteiger charge is 2.35. The van der Waals surface area contributed by atoms with Crippen molar-refractivity contribution in [1.29, 1.82) is 0 Å². The van der Waals surface area contributed by atoms with Crippen LogP contribution >= 0.6 is 11.8 Å². The summed E-state index contributed by atoms with van der Waals surface area (Å²) < 4.78 is 0. The highest BCUT2D eigenvalue weighted by atomic mass is 32.2. The highest BCUT2D eigenvalue weighted by molar-refractivity contribution is 8.15. The maximum Gasteiger partial charge on any atom is 0.238 e. The summed E-state index contributed by atoms with van der Waals surface area (Å²) in [6.07, 6.45) is 0.867. The van der Waals surface area contributed by atoms with Gasteiger partial charge in [-0.3, -0.25) is 14.5 Å². The molecule has 1 aliphatic rings. The number of carbonyl (C=O) groups is 2. The Morgan fingerprint density at radius 1 is 1.03 bits per heavy atom. The van der Waals surface area contributed by atoms with Gasteiger partial charge in [0.05, 0.1) is 5.69 Å². The van der Waals surface area contributed by atoms with Crippen molar-refractivity contribution in [1.82, 2.24) is 4.90 Å². The maximum atomic E-state index is 13.1. The first-order chi connectivity index (χ1) is 15.6. The van der Waals surface area contributed by atoms with Crippen LogP contribution < -0.4 is 5.32 Å². The molecule has 0 bridgehead atoms. The minimum absolute atomic E-state index is 0.0845. The van der Waals surface area contributed by atoms with Crippen LogP contribution in [-0.2, 0) is 16.0 Å². The number of para-hydroxylation sites is 1. The second-order valence-corrected chi connectivity index (χ2v) is 8.85. The predicted octanol–water partition coefficient (Wildman–Crippen LogP) is 5.20. The lowest BCUT2D eigenvalue weighted by molar-refractivity contribution is -0.129. The average molecular weight is 444 g/mol. The second kappa shape index (κ2) is 10.3. The fraction of sp³-hybridized carbons (Fsp3) is 0.192. The summed E-state index contributed by atoms with van der Waals surface area (Å²) in [6, 6.07) is 27.2. The van der Waals surface area contributed by atoms with E-state index in [1.807, 2.05) is 91.9 Å². The molecule has 3 aromatic carbocycles. The van der Waals surface area contributed by atoms with Gasteiger partial charge in [-0.15, -0.1) is 0 Å². The lowest BCUT2D eigenvalue weighted by Gasteiger charge is -2.32. The van der Waals surface area contributed by atoms with Crippen molar-refractivity contribution >= 4 is 40.1 Å². The fourth-order valence-corrected chi connectivity index (χ4v) is 4.63. The third kappa shape index (κ3) is 5.65. The van der Waals surface area contributed by atoms with Gasteiger partial charge in [0, 0.05) is 18.7 Å². The Kier molecular flexibility index (Phi) is 7.02. The van der Waals surface area contributed by atoms with Gasteiger partial charge in [0.2, 0.25) is 11.8 Å². The summed E-state index contributed by atoms with van der Waals surface area (Å²) in [5.74, 6) is -0.267. The summed E-state index contributed by atoms with van der Waals surface area (Å²) in [5, 5.41) is 2.98. The smallest absolute Gasteiger partial charge is 0.238 e. The number of carbonyl (C=O) groups excluding carboxylic acids is 2. The van der Waals surface area contributed by atoms with Gasteiger partial charge in [-0.25, -0.2) is 4.99 Å². The Morgan fingerprint density at radius 2 is 1.75 bits per heavy atom. The lowest BCUT2D eigenvalue weighted by Crippen LogP contribution is -2.46. The van der Waals surface area contributed by atoms with Gasteiger partial charge in [-0.1, -0.05) is 72.4 Å². The van der Waals surface area contributed by atoms with E-state index < -0.39 is 5.25 Å². The van der Waals surface area contributed by atoms with Gasteiger partial charge in [-0.05, 0) is 48.7 Å². The van der Waals surface area contributed by atoms with Crippen molar-refractivity contribution in [2.75, 3.05) is 11.9 Å². The zero-order chi connectivity index (χ0) is 22.3. The number of thioether (sulfide) groups is 1. The molecule has 2 amide bonds. The molecular weight excluding hydrogens is 418 g/mol. The molecule has 0 aliphatic carbocycles. The van der Waals surface area contributed by atoms with Crippen molar-refractivity contribution in [3.05, 3.63) is 96.1 Å². The fourth-order valence-electron chi connectivity index (χ4n) is 3.51. The van der Waals surface area contributed by atoms with Crippen LogP contribution in [0.25, 0.3) is 0 Å². The van der Waals surface area contributed by atoms with Crippen molar-refractivity contribution < 1.29 is 9.59 Å². The minimum Gasteiger partial charge on any atom is -0.325 e. The number of rotatable bonds is 6. The molecule has 1 saturated heterocycles. The standard InChI is InChI=1S/C26H25N3O2S/c1-19-9-8-14-22(17-19)27-25(31)23-18-24(30)29(16-15-20-10-4-2-5-11-20)26(32-23)28-21-12-6-3-7-13-21/h2-14,17,23H,15-16,18H2,1H3,(H,27,31)/t23-/m1/s1. The largest absolute Gasteiger partial charge is 0.325 e. The molecule has 5 nitrogen and oxygen atoms in total. The van der Waals surface area contributed by atoms with Crippen molar-refractivity contribution in [3.8, 4) is 0 Å². The molecule has 1 atom stereocenters. The third-order valence-electron chi connectivity index (χ3n) is 5.17. The van der Waals surface area contributed by atoms with Crippen molar-refractivity contribution in [2.24, 2.45) is 4.99 Å². The Labute approximate surface area is 192 Å². The number of benzene rings is 3. The van der Waals surface area contributed by atoms with Crippen molar-refractivity contribution in [3.63, 3.8) is 0 Å². The van der Waals surface area contributed by atoms with Crippen LogP contribution in [0.3, 0.4) is 0 Å². The van der Waals surface area contributed by atoms with E-state index in [-0.39, 0.29) is 18.2 Å². The van der Waals surface area contributed by atoms with Gasteiger partial charge in [0.1, 0.15) is 5.25 Å². The van der Waals surface area contributed by atoms with E-state index in [2.05, 4.69) is 5.32 Å². The lowest BCUT2D eigenvalue weighted by atomic mass is 10.1. The molecule has 0 unspecified atom stereocenters. The Balaban J connectivity index is 1.54. The Morgan fingerprint density at radius 3 is 2.47 bits per heavy atom. The van der Waals surface area contributed by atoms with Crippen LogP contribution in [-0.4, -0.2) is 33.7 Å². The molecular formula is C26H25N3O2S. The Hall–Kier alpha value is -3.38. The van der Waals surface area contributed by atoms with Gasteiger partial charge >= 0.3 is 0 Å². The summed E-state index contributed by atoms with van der Waals surface area (Å²) >= 11 is 1.35. The molecule has 0 spiro atoms. The molecule has 1 aliphatic heterocycles. The molecule has 0 saturated carbocycles. The zero-order valence-electron chi connectivity index (χ0n) is 17.9. The first-order valence-electron chi connectivity index (χ1n) is 10.6. The molecule has 3 aromatic rings. The molecule has 1 fully saturated rings. The molecule has 0 radical (unpaired) electrons. The van der Waals surface area contributed by atoms with Gasteiger partial charge in [0.15, 0.2) is 5.17 Å². The number of hydrogen-bond acceptors (Lipinski definition) is 4. The molecule has 32 heavy (non-hydrogen) atoms. The maximum absolute atomic E-state index is 13.1. The van der Waals surface area contributed by atoms with E-state index in [0.717, 1.165) is 28.9 Å². The molecule has 0 aromatic heterocycles. The van der Waals surface area contributed by atoms with E-state index in [1.165, 1.54) is 11.8 Å². The number of anilines is 1. The minimum atomic E-state index is -0.529. The van der Waals surface area contributed by atoms with Gasteiger partial charge in [-0.2, -0.15) is 0 Å². The van der Waals surface area contributed by atoms with Gasteiger partial charge < -0.3 is 5.32 Å². The van der Waals surface area contributed by atoms with E-state index in [0.29, 0.717) is 11.7 Å². The molecule has 6 heteroatoms. The first kappa shape index (κ1) is 21.8. The number of amides is 2. The quantitative estimate of drug-likeness (QED) is 0.570. The van der Waals surface area contributed by atoms with E-state index in [9.17, 15) is 9.59 Å². The van der Waals surface area contributed by atoms with Crippen LogP contribution in [0, 0.1) is 6.92 Å². The van der Waals surface area contributed by atoms with E-state index >= 15 is 0 Å². The number of aryl methyl sites for hydroxylation is 1. The van der Waals surface area contributed by atoms with Gasteiger partial charge in [0.25, 0.3) is 0 Å². The number of hydrogen-bond donors (Lipinski definition) is 1. The summed E-state index contributed by atoms with van der Waals surface area (Å²) in [5.41, 5.74) is 3.71. The molecule has 162 valence electrons. The first-order valence-corrected chi connectivity index (χ1v) is 11.5. The molecule has 4 rings (SSSR count).